The van der Waals surface area contributed by atoms with Crippen molar-refractivity contribution < 1.29 is 19.0 Å². The summed E-state index contributed by atoms with van der Waals surface area (Å²) in [4.78, 5) is 11.1. The van der Waals surface area contributed by atoms with Crippen molar-refractivity contribution >= 4 is 18.6 Å². The van der Waals surface area contributed by atoms with Crippen LogP contribution in [0.4, 0.5) is 0 Å². The second kappa shape index (κ2) is 8.83. The Hall–Kier alpha value is -1.20. The molecule has 1 aromatic carbocycles. The predicted molar refractivity (Wildman–Crippen MR) is 72.3 cm³/mol. The van der Waals surface area contributed by atoms with Gasteiger partial charge in [-0.25, -0.2) is 0 Å². The number of ether oxygens (including phenoxy) is 3. The lowest BCUT2D eigenvalue weighted by Gasteiger charge is -2.07. The molecule has 0 atom stereocenters. The maximum Gasteiger partial charge on any atom is 0.309 e. The van der Waals surface area contributed by atoms with Crippen LogP contribution in [-0.2, 0) is 20.7 Å². The average Bonchev–Trinajstić information content (AvgIpc) is 2.40. The van der Waals surface area contributed by atoms with E-state index in [0.717, 1.165) is 11.3 Å². The molecule has 0 saturated heterocycles. The number of hydrogen-bond acceptors (Lipinski definition) is 5. The van der Waals surface area contributed by atoms with Gasteiger partial charge in [-0.3, -0.25) is 4.79 Å². The molecule has 0 radical (unpaired) electrons. The number of carbonyl (C=O) groups is 1. The summed E-state index contributed by atoms with van der Waals surface area (Å²) >= 11 is 4.04. The van der Waals surface area contributed by atoms with E-state index in [1.54, 1.807) is 0 Å². The van der Waals surface area contributed by atoms with Gasteiger partial charge in [0, 0.05) is 5.75 Å². The van der Waals surface area contributed by atoms with Crippen LogP contribution < -0.4 is 4.74 Å². The summed E-state index contributed by atoms with van der Waals surface area (Å²) in [6.45, 7) is 1.68. The van der Waals surface area contributed by atoms with Gasteiger partial charge < -0.3 is 14.2 Å². The number of methoxy groups -OCH3 is 1. The summed E-state index contributed by atoms with van der Waals surface area (Å²) in [5.74, 6) is 1.23. The lowest BCUT2D eigenvalue weighted by atomic mass is 10.1. The van der Waals surface area contributed by atoms with Gasteiger partial charge in [-0.2, -0.15) is 12.6 Å². The summed E-state index contributed by atoms with van der Waals surface area (Å²) in [5, 5.41) is 0. The first kappa shape index (κ1) is 14.9. The van der Waals surface area contributed by atoms with E-state index in [4.69, 9.17) is 9.47 Å². The van der Waals surface area contributed by atoms with E-state index in [0.29, 0.717) is 25.6 Å². The van der Waals surface area contributed by atoms with Gasteiger partial charge in [0.15, 0.2) is 0 Å². The first-order chi connectivity index (χ1) is 8.76. The summed E-state index contributed by atoms with van der Waals surface area (Å²) < 4.78 is 15.3. The van der Waals surface area contributed by atoms with Crippen LogP contribution in [-0.4, -0.2) is 38.7 Å². The van der Waals surface area contributed by atoms with Gasteiger partial charge in [0.1, 0.15) is 12.4 Å². The Balaban J connectivity index is 2.29. The molecule has 1 aromatic rings. The maximum absolute atomic E-state index is 11.1. The van der Waals surface area contributed by atoms with E-state index < -0.39 is 0 Å². The van der Waals surface area contributed by atoms with Crippen molar-refractivity contribution in [2.45, 2.75) is 6.42 Å². The van der Waals surface area contributed by atoms with Crippen LogP contribution in [0.25, 0.3) is 0 Å². The van der Waals surface area contributed by atoms with Crippen LogP contribution in [0.1, 0.15) is 5.56 Å². The Morgan fingerprint density at radius 2 is 1.89 bits per heavy atom. The van der Waals surface area contributed by atoms with Gasteiger partial charge in [0.2, 0.25) is 0 Å². The van der Waals surface area contributed by atoms with E-state index in [-0.39, 0.29) is 12.4 Å². The molecule has 0 N–H and O–H groups in total. The molecule has 0 unspecified atom stereocenters. The minimum absolute atomic E-state index is 0.246. The SMILES string of the molecule is COC(=O)Cc1ccc(OCCOCCS)cc1. The van der Waals surface area contributed by atoms with Gasteiger partial charge in [0.25, 0.3) is 0 Å². The molecule has 0 amide bonds. The molecule has 1 rings (SSSR count). The Labute approximate surface area is 113 Å². The molecule has 0 heterocycles. The zero-order valence-electron chi connectivity index (χ0n) is 10.4. The van der Waals surface area contributed by atoms with Crippen LogP contribution in [0, 0.1) is 0 Å². The van der Waals surface area contributed by atoms with E-state index >= 15 is 0 Å². The fraction of sp³-hybridized carbons (Fsp3) is 0.462. The fourth-order valence-electron chi connectivity index (χ4n) is 1.33. The van der Waals surface area contributed by atoms with Gasteiger partial charge in [-0.15, -0.1) is 0 Å². The standard InChI is InChI=1S/C13H18O4S/c1-15-13(14)10-11-2-4-12(5-3-11)17-7-6-16-8-9-18/h2-5,18H,6-10H2,1H3. The smallest absolute Gasteiger partial charge is 0.309 e. The molecule has 5 heteroatoms. The van der Waals surface area contributed by atoms with Crippen molar-refractivity contribution in [1.29, 1.82) is 0 Å². The Morgan fingerprint density at radius 3 is 2.50 bits per heavy atom. The number of carbonyl (C=O) groups excluding carboxylic acids is 1. The quantitative estimate of drug-likeness (QED) is 0.444. The highest BCUT2D eigenvalue weighted by Gasteiger charge is 2.02. The highest BCUT2D eigenvalue weighted by molar-refractivity contribution is 7.80. The second-order valence-electron chi connectivity index (χ2n) is 3.58. The van der Waals surface area contributed by atoms with Crippen molar-refractivity contribution in [1.82, 2.24) is 0 Å². The van der Waals surface area contributed by atoms with Crippen LogP contribution in [0.5, 0.6) is 5.75 Å². The van der Waals surface area contributed by atoms with E-state index in [1.165, 1.54) is 7.11 Å². The number of esters is 1. The Kier molecular flexibility index (Phi) is 7.29. The summed E-state index contributed by atoms with van der Waals surface area (Å²) in [5.41, 5.74) is 0.903. The van der Waals surface area contributed by atoms with Gasteiger partial charge in [0.05, 0.1) is 26.7 Å². The van der Waals surface area contributed by atoms with Crippen LogP contribution >= 0.6 is 12.6 Å². The zero-order valence-corrected chi connectivity index (χ0v) is 11.3. The first-order valence-electron chi connectivity index (χ1n) is 5.73. The predicted octanol–water partition coefficient (Wildman–Crippen LogP) is 1.73. The van der Waals surface area contributed by atoms with Crippen molar-refractivity contribution in [2.24, 2.45) is 0 Å². The van der Waals surface area contributed by atoms with Gasteiger partial charge in [-0.05, 0) is 17.7 Å². The highest BCUT2D eigenvalue weighted by Crippen LogP contribution is 2.12. The summed E-state index contributed by atoms with van der Waals surface area (Å²) in [6.07, 6.45) is 0.280. The van der Waals surface area contributed by atoms with Crippen molar-refractivity contribution in [3.8, 4) is 5.75 Å². The number of thiol groups is 1. The molecule has 0 spiro atoms. The molecule has 0 aromatic heterocycles. The molecule has 0 saturated carbocycles. The zero-order chi connectivity index (χ0) is 13.2. The average molecular weight is 270 g/mol. The second-order valence-corrected chi connectivity index (χ2v) is 4.03. The van der Waals surface area contributed by atoms with Gasteiger partial charge >= 0.3 is 5.97 Å². The van der Waals surface area contributed by atoms with Crippen LogP contribution in [0.15, 0.2) is 24.3 Å². The highest BCUT2D eigenvalue weighted by atomic mass is 32.1. The fourth-order valence-corrected chi connectivity index (χ4v) is 1.46. The number of benzene rings is 1. The summed E-state index contributed by atoms with van der Waals surface area (Å²) in [6, 6.07) is 7.36. The van der Waals surface area contributed by atoms with E-state index in [2.05, 4.69) is 17.4 Å². The lowest BCUT2D eigenvalue weighted by molar-refractivity contribution is -0.139. The lowest BCUT2D eigenvalue weighted by Crippen LogP contribution is -2.08. The number of rotatable bonds is 8. The topological polar surface area (TPSA) is 44.8 Å². The minimum atomic E-state index is -0.246. The van der Waals surface area contributed by atoms with Gasteiger partial charge in [-0.1, -0.05) is 12.1 Å². The number of hydrogen-bond donors (Lipinski definition) is 1. The molecule has 0 aliphatic heterocycles. The third-order valence-corrected chi connectivity index (χ3v) is 2.41. The molecule has 0 aliphatic carbocycles. The molecule has 18 heavy (non-hydrogen) atoms. The normalized spacial score (nSPS) is 10.1. The van der Waals surface area contributed by atoms with E-state index in [1.807, 2.05) is 24.3 Å². The third-order valence-electron chi connectivity index (χ3n) is 2.23. The summed E-state index contributed by atoms with van der Waals surface area (Å²) in [7, 11) is 1.38. The molecule has 0 aliphatic rings. The minimum Gasteiger partial charge on any atom is -0.491 e. The largest absolute Gasteiger partial charge is 0.491 e. The van der Waals surface area contributed by atoms with Crippen LogP contribution in [0.2, 0.25) is 0 Å². The molecule has 100 valence electrons. The van der Waals surface area contributed by atoms with Crippen molar-refractivity contribution in [2.75, 3.05) is 32.7 Å². The molecule has 0 fully saturated rings. The van der Waals surface area contributed by atoms with Crippen LogP contribution in [0.3, 0.4) is 0 Å². The van der Waals surface area contributed by atoms with Crippen molar-refractivity contribution in [3.05, 3.63) is 29.8 Å². The first-order valence-corrected chi connectivity index (χ1v) is 6.36. The third kappa shape index (κ3) is 5.93. The van der Waals surface area contributed by atoms with Crippen molar-refractivity contribution in [3.63, 3.8) is 0 Å². The molecular weight excluding hydrogens is 252 g/mol. The van der Waals surface area contributed by atoms with E-state index in [9.17, 15) is 4.79 Å². The molecule has 4 nitrogen and oxygen atoms in total. The Bertz CT molecular complexity index is 351. The maximum atomic E-state index is 11.1. The Morgan fingerprint density at radius 1 is 1.17 bits per heavy atom. The molecule has 0 bridgehead atoms. The molecular formula is C13H18O4S. The monoisotopic (exact) mass is 270 g/mol.